The van der Waals surface area contributed by atoms with Crippen LogP contribution in [-0.2, 0) is 9.59 Å². The highest BCUT2D eigenvalue weighted by atomic mass is 35.5. The number of hydrazine groups is 1. The SMILES string of the molecule is Cc1ccc(NCC(=O)NNC(=O)/C=C/c2c(Cl)cccc2Cl)c(C)c1. The molecule has 0 aromatic heterocycles. The molecule has 2 aromatic carbocycles. The Morgan fingerprint density at radius 3 is 2.38 bits per heavy atom. The first-order chi connectivity index (χ1) is 12.4. The predicted molar refractivity (Wildman–Crippen MR) is 106 cm³/mol. The van der Waals surface area contributed by atoms with Crippen molar-refractivity contribution in [2.45, 2.75) is 13.8 Å². The molecule has 2 amide bonds. The molecule has 0 bridgehead atoms. The maximum atomic E-state index is 11.8. The van der Waals surface area contributed by atoms with Gasteiger partial charge in [-0.2, -0.15) is 0 Å². The van der Waals surface area contributed by atoms with Crippen molar-refractivity contribution < 1.29 is 9.59 Å². The van der Waals surface area contributed by atoms with E-state index in [0.29, 0.717) is 15.6 Å². The fraction of sp³-hybridized carbons (Fsp3) is 0.158. The van der Waals surface area contributed by atoms with E-state index in [1.165, 1.54) is 12.2 Å². The second kappa shape index (κ2) is 9.27. The highest BCUT2D eigenvalue weighted by Gasteiger charge is 2.05. The Labute approximate surface area is 162 Å². The topological polar surface area (TPSA) is 70.2 Å². The van der Waals surface area contributed by atoms with Gasteiger partial charge in [-0.05, 0) is 43.7 Å². The number of anilines is 1. The number of amides is 2. The number of carbonyl (C=O) groups is 2. The van der Waals surface area contributed by atoms with Gasteiger partial charge in [0.05, 0.1) is 6.54 Å². The summed E-state index contributed by atoms with van der Waals surface area (Å²) in [5, 5.41) is 3.89. The maximum Gasteiger partial charge on any atom is 0.262 e. The molecule has 0 radical (unpaired) electrons. The van der Waals surface area contributed by atoms with E-state index in [1.54, 1.807) is 18.2 Å². The number of benzene rings is 2. The van der Waals surface area contributed by atoms with Gasteiger partial charge in [-0.1, -0.05) is 47.0 Å². The van der Waals surface area contributed by atoms with Crippen molar-refractivity contribution in [3.8, 4) is 0 Å². The lowest BCUT2D eigenvalue weighted by atomic mass is 10.1. The summed E-state index contributed by atoms with van der Waals surface area (Å²) in [4.78, 5) is 23.6. The molecule has 0 aliphatic rings. The molecule has 0 unspecified atom stereocenters. The van der Waals surface area contributed by atoms with Crippen molar-refractivity contribution in [3.63, 3.8) is 0 Å². The molecule has 0 spiro atoms. The fourth-order valence-corrected chi connectivity index (χ4v) is 2.76. The first kappa shape index (κ1) is 19.8. The Hall–Kier alpha value is -2.50. The molecular formula is C19H19Cl2N3O2. The molecule has 0 saturated heterocycles. The summed E-state index contributed by atoms with van der Waals surface area (Å²) in [7, 11) is 0. The number of halogens is 2. The van der Waals surface area contributed by atoms with Gasteiger partial charge in [-0.3, -0.25) is 20.4 Å². The Balaban J connectivity index is 1.81. The summed E-state index contributed by atoms with van der Waals surface area (Å²) in [6, 6.07) is 10.9. The fourth-order valence-electron chi connectivity index (χ4n) is 2.23. The van der Waals surface area contributed by atoms with Crippen LogP contribution in [0.2, 0.25) is 10.0 Å². The van der Waals surface area contributed by atoms with Crippen LogP contribution in [0.4, 0.5) is 5.69 Å². The minimum absolute atomic E-state index is 0.0320. The minimum Gasteiger partial charge on any atom is -0.376 e. The average Bonchev–Trinajstić information content (AvgIpc) is 2.58. The van der Waals surface area contributed by atoms with Crippen molar-refractivity contribution >= 4 is 46.8 Å². The molecule has 26 heavy (non-hydrogen) atoms. The minimum atomic E-state index is -0.499. The van der Waals surface area contributed by atoms with E-state index in [4.69, 9.17) is 23.2 Å². The number of nitrogens with one attached hydrogen (secondary N) is 3. The molecule has 0 heterocycles. The Bertz CT molecular complexity index is 830. The van der Waals surface area contributed by atoms with Crippen LogP contribution >= 0.6 is 23.2 Å². The van der Waals surface area contributed by atoms with Gasteiger partial charge in [0.1, 0.15) is 0 Å². The molecule has 0 fully saturated rings. The third kappa shape index (κ3) is 5.79. The second-order valence-corrected chi connectivity index (χ2v) is 6.49. The first-order valence-corrected chi connectivity index (χ1v) is 8.64. The second-order valence-electron chi connectivity index (χ2n) is 5.68. The normalized spacial score (nSPS) is 10.6. The van der Waals surface area contributed by atoms with Crippen molar-refractivity contribution in [2.24, 2.45) is 0 Å². The summed E-state index contributed by atoms with van der Waals surface area (Å²) in [5.74, 6) is -0.872. The van der Waals surface area contributed by atoms with Gasteiger partial charge in [-0.15, -0.1) is 0 Å². The van der Waals surface area contributed by atoms with Crippen LogP contribution < -0.4 is 16.2 Å². The van der Waals surface area contributed by atoms with Gasteiger partial charge >= 0.3 is 0 Å². The van der Waals surface area contributed by atoms with Crippen LogP contribution in [0.5, 0.6) is 0 Å². The molecule has 0 saturated carbocycles. The summed E-state index contributed by atoms with van der Waals surface area (Å²) in [6.07, 6.45) is 2.73. The van der Waals surface area contributed by atoms with Gasteiger partial charge in [0.15, 0.2) is 0 Å². The lowest BCUT2D eigenvalue weighted by Gasteiger charge is -2.10. The Kier molecular flexibility index (Phi) is 7.06. The van der Waals surface area contributed by atoms with E-state index >= 15 is 0 Å². The van der Waals surface area contributed by atoms with Crippen molar-refractivity contribution in [2.75, 3.05) is 11.9 Å². The van der Waals surface area contributed by atoms with Gasteiger partial charge < -0.3 is 5.32 Å². The van der Waals surface area contributed by atoms with E-state index in [-0.39, 0.29) is 12.5 Å². The van der Waals surface area contributed by atoms with Gasteiger partial charge in [0, 0.05) is 27.4 Å². The molecule has 5 nitrogen and oxygen atoms in total. The molecule has 136 valence electrons. The van der Waals surface area contributed by atoms with E-state index < -0.39 is 5.91 Å². The molecule has 3 N–H and O–H groups in total. The van der Waals surface area contributed by atoms with Crippen LogP contribution in [0.15, 0.2) is 42.5 Å². The Morgan fingerprint density at radius 2 is 1.73 bits per heavy atom. The summed E-state index contributed by atoms with van der Waals surface area (Å²) in [6.45, 7) is 3.99. The van der Waals surface area contributed by atoms with Crippen LogP contribution in [0.3, 0.4) is 0 Å². The smallest absolute Gasteiger partial charge is 0.262 e. The maximum absolute atomic E-state index is 11.8. The van der Waals surface area contributed by atoms with Gasteiger partial charge in [0.25, 0.3) is 11.8 Å². The van der Waals surface area contributed by atoms with Crippen molar-refractivity contribution in [1.82, 2.24) is 10.9 Å². The quantitative estimate of drug-likeness (QED) is 0.534. The summed E-state index contributed by atoms with van der Waals surface area (Å²) < 4.78 is 0. The number of hydrogen-bond acceptors (Lipinski definition) is 3. The van der Waals surface area contributed by atoms with Crippen molar-refractivity contribution in [3.05, 3.63) is 69.2 Å². The van der Waals surface area contributed by atoms with E-state index in [1.807, 2.05) is 32.0 Å². The predicted octanol–water partition coefficient (Wildman–Crippen LogP) is 3.88. The number of hydrogen-bond donors (Lipinski definition) is 3. The molecule has 0 aliphatic heterocycles. The third-order valence-electron chi connectivity index (χ3n) is 3.55. The molecule has 0 atom stereocenters. The lowest BCUT2D eigenvalue weighted by Crippen LogP contribution is -2.43. The van der Waals surface area contributed by atoms with E-state index in [2.05, 4.69) is 16.2 Å². The number of aryl methyl sites for hydroxylation is 2. The summed E-state index contributed by atoms with van der Waals surface area (Å²) in [5.41, 5.74) is 8.22. The van der Waals surface area contributed by atoms with E-state index in [9.17, 15) is 9.59 Å². The molecule has 2 rings (SSSR count). The lowest BCUT2D eigenvalue weighted by molar-refractivity contribution is -0.125. The van der Waals surface area contributed by atoms with Gasteiger partial charge in [0.2, 0.25) is 0 Å². The van der Waals surface area contributed by atoms with Crippen LogP contribution in [0.25, 0.3) is 6.08 Å². The standard InChI is InChI=1S/C19H19Cl2N3O2/c1-12-6-8-17(13(2)10-12)22-11-19(26)24-23-18(25)9-7-14-15(20)4-3-5-16(14)21/h3-10,22H,11H2,1-2H3,(H,23,25)(H,24,26)/b9-7+. The zero-order valence-electron chi connectivity index (χ0n) is 14.4. The van der Waals surface area contributed by atoms with Gasteiger partial charge in [-0.25, -0.2) is 0 Å². The monoisotopic (exact) mass is 391 g/mol. The highest BCUT2D eigenvalue weighted by Crippen LogP contribution is 2.25. The van der Waals surface area contributed by atoms with E-state index in [0.717, 1.165) is 16.8 Å². The van der Waals surface area contributed by atoms with Crippen LogP contribution in [-0.4, -0.2) is 18.4 Å². The summed E-state index contributed by atoms with van der Waals surface area (Å²) >= 11 is 12.0. The van der Waals surface area contributed by atoms with Crippen LogP contribution in [0, 0.1) is 13.8 Å². The van der Waals surface area contributed by atoms with Crippen LogP contribution in [0.1, 0.15) is 16.7 Å². The highest BCUT2D eigenvalue weighted by molar-refractivity contribution is 6.37. The first-order valence-electron chi connectivity index (χ1n) is 7.89. The molecule has 2 aromatic rings. The molecule has 0 aliphatic carbocycles. The largest absolute Gasteiger partial charge is 0.376 e. The Morgan fingerprint density at radius 1 is 1.04 bits per heavy atom. The molecule has 7 heteroatoms. The zero-order valence-corrected chi connectivity index (χ0v) is 15.9. The number of carbonyl (C=O) groups excluding carboxylic acids is 2. The van der Waals surface area contributed by atoms with Crippen molar-refractivity contribution in [1.29, 1.82) is 0 Å². The average molecular weight is 392 g/mol. The zero-order chi connectivity index (χ0) is 19.1. The molecular weight excluding hydrogens is 373 g/mol. The number of rotatable bonds is 5. The third-order valence-corrected chi connectivity index (χ3v) is 4.21.